The van der Waals surface area contributed by atoms with Crippen LogP contribution in [0.1, 0.15) is 22.3 Å². The van der Waals surface area contributed by atoms with Gasteiger partial charge in [0.1, 0.15) is 11.5 Å². The van der Waals surface area contributed by atoms with Crippen LogP contribution in [0.15, 0.2) is 83.9 Å². The lowest BCUT2D eigenvalue weighted by Gasteiger charge is -2.26. The van der Waals surface area contributed by atoms with Gasteiger partial charge in [-0.05, 0) is 66.6 Å². The van der Waals surface area contributed by atoms with E-state index in [9.17, 15) is 9.59 Å². The number of aryl methyl sites for hydroxylation is 1. The molecule has 0 bridgehead atoms. The van der Waals surface area contributed by atoms with Crippen molar-refractivity contribution in [3.05, 3.63) is 101 Å². The number of amides is 1. The number of carbonyl (C=O) groups excluding carboxylic acids is 1. The predicted molar refractivity (Wildman–Crippen MR) is 163 cm³/mol. The van der Waals surface area contributed by atoms with Crippen LogP contribution in [0.2, 0.25) is 0 Å². The molecule has 0 aliphatic rings. The number of hydrogen-bond acceptors (Lipinski definition) is 6. The quantitative estimate of drug-likeness (QED) is 0.221. The lowest BCUT2D eigenvalue weighted by molar-refractivity contribution is 0.0774. The second-order valence-corrected chi connectivity index (χ2v) is 9.24. The Bertz CT molecular complexity index is 1430. The zero-order valence-electron chi connectivity index (χ0n) is 23.0. The number of hydrogen-bond donors (Lipinski definition) is 0. The molecular weight excluding hydrogens is 551 g/mol. The molecule has 0 radical (unpaired) electrons. The first-order valence-corrected chi connectivity index (χ1v) is 12.7. The number of nitrogens with zero attached hydrogens (tertiary/aromatic N) is 4. The molecule has 2 aromatic heterocycles. The van der Waals surface area contributed by atoms with E-state index >= 15 is 0 Å². The van der Waals surface area contributed by atoms with Crippen molar-refractivity contribution >= 4 is 41.6 Å². The summed E-state index contributed by atoms with van der Waals surface area (Å²) in [7, 11) is 5.19. The smallest absolute Gasteiger partial charge is 0.253 e. The summed E-state index contributed by atoms with van der Waals surface area (Å²) in [5.74, 6) is 1.41. The van der Waals surface area contributed by atoms with Crippen molar-refractivity contribution in [2.45, 2.75) is 13.0 Å². The number of aromatic nitrogens is 2. The van der Waals surface area contributed by atoms with Crippen molar-refractivity contribution in [3.63, 3.8) is 0 Å². The molecule has 1 amide bonds. The maximum atomic E-state index is 12.9. The number of rotatable bonds is 12. The van der Waals surface area contributed by atoms with Gasteiger partial charge in [-0.1, -0.05) is 6.07 Å². The monoisotopic (exact) mass is 586 g/mol. The minimum atomic E-state index is -0.0371. The van der Waals surface area contributed by atoms with E-state index < -0.39 is 0 Å². The molecule has 2 heterocycles. The molecule has 0 saturated heterocycles. The van der Waals surface area contributed by atoms with Crippen molar-refractivity contribution in [1.29, 1.82) is 0 Å². The van der Waals surface area contributed by atoms with Gasteiger partial charge in [-0.15, -0.1) is 24.8 Å². The fourth-order valence-corrected chi connectivity index (χ4v) is 4.32. The molecule has 10 heteroatoms. The second kappa shape index (κ2) is 15.9. The van der Waals surface area contributed by atoms with Crippen molar-refractivity contribution in [1.82, 2.24) is 19.4 Å². The lowest BCUT2D eigenvalue weighted by atomic mass is 10.2. The van der Waals surface area contributed by atoms with Gasteiger partial charge in [0.05, 0.1) is 19.2 Å². The Morgan fingerprint density at radius 1 is 0.925 bits per heavy atom. The minimum absolute atomic E-state index is 0. The van der Waals surface area contributed by atoms with Crippen LogP contribution in [-0.2, 0) is 13.6 Å². The summed E-state index contributed by atoms with van der Waals surface area (Å²) in [4.78, 5) is 33.0. The maximum absolute atomic E-state index is 12.9. The van der Waals surface area contributed by atoms with E-state index in [1.165, 1.54) is 5.56 Å². The van der Waals surface area contributed by atoms with Crippen LogP contribution < -0.4 is 15.0 Å². The highest BCUT2D eigenvalue weighted by molar-refractivity contribution is 5.94. The summed E-state index contributed by atoms with van der Waals surface area (Å²) in [5.41, 5.74) is 2.62. The number of fused-ring (bicyclic) bond motifs is 1. The number of ether oxygens (including phenoxy) is 2. The van der Waals surface area contributed by atoms with Gasteiger partial charge in [0.2, 0.25) is 0 Å². The highest BCUT2D eigenvalue weighted by atomic mass is 35.5. The molecule has 2 aromatic carbocycles. The Morgan fingerprint density at radius 3 is 2.45 bits per heavy atom. The van der Waals surface area contributed by atoms with Crippen molar-refractivity contribution in [2.24, 2.45) is 7.05 Å². The van der Waals surface area contributed by atoms with E-state index in [-0.39, 0.29) is 36.3 Å². The molecule has 0 aliphatic carbocycles. The van der Waals surface area contributed by atoms with E-state index in [0.29, 0.717) is 24.5 Å². The van der Waals surface area contributed by atoms with Crippen molar-refractivity contribution in [3.8, 4) is 11.5 Å². The molecule has 0 unspecified atom stereocenters. The molecule has 0 fully saturated rings. The Balaban J connectivity index is 0.00000280. The highest BCUT2D eigenvalue weighted by Gasteiger charge is 2.15. The van der Waals surface area contributed by atoms with E-state index in [0.717, 1.165) is 42.7 Å². The molecule has 8 nitrogen and oxygen atoms in total. The molecular formula is C30H36Cl2N4O4. The summed E-state index contributed by atoms with van der Waals surface area (Å²) in [6, 6.07) is 20.4. The molecule has 40 heavy (non-hydrogen) atoms. The fourth-order valence-electron chi connectivity index (χ4n) is 4.32. The Hall–Kier alpha value is -3.59. The van der Waals surface area contributed by atoms with Gasteiger partial charge in [-0.3, -0.25) is 19.5 Å². The van der Waals surface area contributed by atoms with Crippen LogP contribution in [0.25, 0.3) is 10.9 Å². The molecule has 0 aliphatic heterocycles. The SMILES string of the molecule is COc1cccc(C(=O)N(C)CCN(CCCOc2ccc3c(ccc(=O)n3C)c2)Cc2ccncc2)c1.Cl.Cl. The summed E-state index contributed by atoms with van der Waals surface area (Å²) in [5, 5.41) is 0.965. The third kappa shape index (κ3) is 8.71. The average molecular weight is 588 g/mol. The number of likely N-dealkylation sites (N-methyl/N-ethyl adjacent to an activating group) is 1. The van der Waals surface area contributed by atoms with Crippen molar-refractivity contribution < 1.29 is 14.3 Å². The van der Waals surface area contributed by atoms with E-state index in [1.807, 2.05) is 55.6 Å². The molecule has 0 saturated carbocycles. The van der Waals surface area contributed by atoms with Gasteiger partial charge in [0, 0.05) is 69.7 Å². The Kier molecular flexibility index (Phi) is 12.9. The molecule has 4 aromatic rings. The molecule has 214 valence electrons. The van der Waals surface area contributed by atoms with Gasteiger partial charge >= 0.3 is 0 Å². The number of halogens is 2. The van der Waals surface area contributed by atoms with Gasteiger partial charge in [0.15, 0.2) is 0 Å². The molecule has 0 spiro atoms. The lowest BCUT2D eigenvalue weighted by Crippen LogP contribution is -2.37. The van der Waals surface area contributed by atoms with Crippen LogP contribution in [0.5, 0.6) is 11.5 Å². The van der Waals surface area contributed by atoms with Crippen LogP contribution in [0, 0.1) is 0 Å². The predicted octanol–water partition coefficient (Wildman–Crippen LogP) is 4.83. The molecule has 4 rings (SSSR count). The van der Waals surface area contributed by atoms with Gasteiger partial charge in [-0.2, -0.15) is 0 Å². The van der Waals surface area contributed by atoms with Gasteiger partial charge in [0.25, 0.3) is 11.5 Å². The largest absolute Gasteiger partial charge is 0.497 e. The molecule has 0 N–H and O–H groups in total. The average Bonchev–Trinajstić information content (AvgIpc) is 2.95. The highest BCUT2D eigenvalue weighted by Crippen LogP contribution is 2.19. The number of benzene rings is 2. The summed E-state index contributed by atoms with van der Waals surface area (Å²) in [6.07, 6.45) is 4.42. The normalized spacial score (nSPS) is 10.5. The first-order chi connectivity index (χ1) is 18.4. The van der Waals surface area contributed by atoms with Gasteiger partial charge in [-0.25, -0.2) is 0 Å². The maximum Gasteiger partial charge on any atom is 0.253 e. The van der Waals surface area contributed by atoms with Gasteiger partial charge < -0.3 is 18.9 Å². The van der Waals surface area contributed by atoms with E-state index in [1.54, 1.807) is 54.2 Å². The Labute approximate surface area is 247 Å². The van der Waals surface area contributed by atoms with E-state index in [2.05, 4.69) is 9.88 Å². The van der Waals surface area contributed by atoms with Crippen molar-refractivity contribution in [2.75, 3.05) is 40.4 Å². The summed E-state index contributed by atoms with van der Waals surface area (Å²) in [6.45, 7) is 3.44. The summed E-state index contributed by atoms with van der Waals surface area (Å²) >= 11 is 0. The molecule has 0 atom stereocenters. The third-order valence-corrected chi connectivity index (χ3v) is 6.55. The topological polar surface area (TPSA) is 76.9 Å². The van der Waals surface area contributed by atoms with Crippen LogP contribution in [0.4, 0.5) is 0 Å². The van der Waals surface area contributed by atoms with Crippen LogP contribution in [-0.4, -0.2) is 65.7 Å². The zero-order valence-corrected chi connectivity index (χ0v) is 24.6. The number of methoxy groups -OCH3 is 1. The fraction of sp³-hybridized carbons (Fsp3) is 0.300. The second-order valence-electron chi connectivity index (χ2n) is 9.24. The minimum Gasteiger partial charge on any atom is -0.497 e. The third-order valence-electron chi connectivity index (χ3n) is 6.55. The number of pyridine rings is 2. The van der Waals surface area contributed by atoms with Crippen LogP contribution >= 0.6 is 24.8 Å². The first-order valence-electron chi connectivity index (χ1n) is 12.7. The van der Waals surface area contributed by atoms with Crippen LogP contribution in [0.3, 0.4) is 0 Å². The zero-order chi connectivity index (χ0) is 26.9. The van der Waals surface area contributed by atoms with E-state index in [4.69, 9.17) is 9.47 Å². The number of carbonyl (C=O) groups is 1. The first kappa shape index (κ1) is 32.6. The Morgan fingerprint density at radius 2 is 1.70 bits per heavy atom. The standard InChI is InChI=1S/C30H34N4O4.2ClH/c1-32(30(36)25-6-4-7-26(21-25)37-3)17-18-34(22-23-12-14-31-15-13-23)16-5-19-38-27-9-10-28-24(20-27)8-11-29(35)33(28)2;;/h4,6-15,20-21H,5,16-19,22H2,1-3H3;2*1H. The summed E-state index contributed by atoms with van der Waals surface area (Å²) < 4.78 is 12.9.